The highest BCUT2D eigenvalue weighted by Gasteiger charge is 2.12. The summed E-state index contributed by atoms with van der Waals surface area (Å²) >= 11 is 0. The zero-order chi connectivity index (χ0) is 14.5. The number of methoxy groups -OCH3 is 1. The fraction of sp³-hybridized carbons (Fsp3) is 0.353. The molecule has 0 unspecified atom stereocenters. The molecule has 0 spiro atoms. The Balaban J connectivity index is 2.13. The van der Waals surface area contributed by atoms with Crippen LogP contribution < -0.4 is 0 Å². The summed E-state index contributed by atoms with van der Waals surface area (Å²) in [4.78, 5) is 11.1. The molecule has 2 rings (SSSR count). The van der Waals surface area contributed by atoms with Crippen molar-refractivity contribution in [3.8, 4) is 0 Å². The molecule has 0 fully saturated rings. The van der Waals surface area contributed by atoms with Crippen LogP contribution in [0.4, 0.5) is 0 Å². The lowest BCUT2D eigenvalue weighted by molar-refractivity contribution is -0.142. The van der Waals surface area contributed by atoms with E-state index in [4.69, 9.17) is 0 Å². The minimum Gasteiger partial charge on any atom is -0.469 e. The van der Waals surface area contributed by atoms with E-state index >= 15 is 0 Å². The minimum absolute atomic E-state index is 0.0311. The second-order valence-corrected chi connectivity index (χ2v) is 5.01. The third-order valence-corrected chi connectivity index (χ3v) is 3.48. The molecule has 0 aliphatic heterocycles. The van der Waals surface area contributed by atoms with Crippen LogP contribution in [0.15, 0.2) is 36.4 Å². The molecule has 3 heteroatoms. The van der Waals surface area contributed by atoms with Crippen molar-refractivity contribution in [1.82, 2.24) is 0 Å². The Labute approximate surface area is 119 Å². The van der Waals surface area contributed by atoms with Gasteiger partial charge in [0.2, 0.25) is 0 Å². The van der Waals surface area contributed by atoms with E-state index in [0.717, 1.165) is 17.4 Å². The van der Waals surface area contributed by atoms with Crippen LogP contribution in [-0.4, -0.2) is 24.3 Å². The molecule has 20 heavy (non-hydrogen) atoms. The summed E-state index contributed by atoms with van der Waals surface area (Å²) in [5.74, 6) is -0.383. The van der Waals surface area contributed by atoms with Crippen molar-refractivity contribution in [2.45, 2.75) is 32.3 Å². The van der Waals surface area contributed by atoms with Gasteiger partial charge in [-0.2, -0.15) is 0 Å². The van der Waals surface area contributed by atoms with Crippen molar-refractivity contribution in [2.24, 2.45) is 0 Å². The topological polar surface area (TPSA) is 46.5 Å². The summed E-state index contributed by atoms with van der Waals surface area (Å²) in [6.45, 7) is 2.14. The molecule has 0 amide bonds. The van der Waals surface area contributed by atoms with Crippen LogP contribution in [0.1, 0.15) is 24.5 Å². The number of aliphatic hydroxyl groups excluding tert-OH is 1. The van der Waals surface area contributed by atoms with Crippen molar-refractivity contribution in [3.63, 3.8) is 0 Å². The maximum atomic E-state index is 11.1. The maximum Gasteiger partial charge on any atom is 0.308 e. The molecule has 0 radical (unpaired) electrons. The van der Waals surface area contributed by atoms with Gasteiger partial charge in [0.1, 0.15) is 0 Å². The van der Waals surface area contributed by atoms with Crippen LogP contribution in [-0.2, 0) is 22.4 Å². The number of esters is 1. The summed E-state index contributed by atoms with van der Waals surface area (Å²) in [5.41, 5.74) is 2.34. The number of carbonyl (C=O) groups excluding carboxylic acids is 1. The van der Waals surface area contributed by atoms with E-state index in [0.29, 0.717) is 6.42 Å². The molecule has 1 N–H and O–H groups in total. The van der Waals surface area contributed by atoms with Crippen LogP contribution >= 0.6 is 0 Å². The van der Waals surface area contributed by atoms with E-state index in [1.165, 1.54) is 18.1 Å². The predicted molar refractivity (Wildman–Crippen MR) is 79.7 cm³/mol. The molecule has 0 aliphatic rings. The average molecular weight is 272 g/mol. The molecule has 3 nitrogen and oxygen atoms in total. The highest BCUT2D eigenvalue weighted by atomic mass is 16.5. The molecule has 1 atom stereocenters. The van der Waals surface area contributed by atoms with Crippen LogP contribution in [0.2, 0.25) is 0 Å². The number of rotatable bonds is 5. The molecule has 0 saturated heterocycles. The predicted octanol–water partition coefficient (Wildman–Crippen LogP) is 2.87. The number of aryl methyl sites for hydroxylation is 1. The first kappa shape index (κ1) is 14.5. The standard InChI is InChI=1S/C17H20O3/c1-3-12-4-6-15-9-13(5-7-14(15)8-12)10-16(18)11-17(19)20-2/h4-9,16,18H,3,10-11H2,1-2H3/t16-/m1/s1. The molecule has 0 heterocycles. The molecule has 0 aromatic heterocycles. The van der Waals surface area contributed by atoms with Crippen molar-refractivity contribution in [2.75, 3.05) is 7.11 Å². The zero-order valence-electron chi connectivity index (χ0n) is 11.9. The Bertz CT molecular complexity index is 604. The van der Waals surface area contributed by atoms with Crippen molar-refractivity contribution < 1.29 is 14.6 Å². The molecule has 0 saturated carbocycles. The summed E-state index contributed by atoms with van der Waals surface area (Å²) in [6.07, 6.45) is 0.814. The van der Waals surface area contributed by atoms with E-state index in [-0.39, 0.29) is 12.4 Å². The van der Waals surface area contributed by atoms with E-state index in [2.05, 4.69) is 42.0 Å². The van der Waals surface area contributed by atoms with E-state index in [9.17, 15) is 9.90 Å². The maximum absolute atomic E-state index is 11.1. The molecule has 2 aromatic rings. The van der Waals surface area contributed by atoms with Gasteiger partial charge in [0.25, 0.3) is 0 Å². The summed E-state index contributed by atoms with van der Waals surface area (Å²) in [5, 5.41) is 12.2. The Morgan fingerprint density at radius 3 is 2.35 bits per heavy atom. The van der Waals surface area contributed by atoms with Crippen LogP contribution in [0.5, 0.6) is 0 Å². The van der Waals surface area contributed by atoms with E-state index in [1.54, 1.807) is 0 Å². The van der Waals surface area contributed by atoms with E-state index < -0.39 is 6.10 Å². The largest absolute Gasteiger partial charge is 0.469 e. The van der Waals surface area contributed by atoms with Crippen LogP contribution in [0.25, 0.3) is 10.8 Å². The number of aliphatic hydroxyl groups is 1. The van der Waals surface area contributed by atoms with Crippen molar-refractivity contribution in [3.05, 3.63) is 47.5 Å². The second kappa shape index (κ2) is 6.53. The number of carbonyl (C=O) groups is 1. The molecule has 106 valence electrons. The quantitative estimate of drug-likeness (QED) is 0.851. The minimum atomic E-state index is -0.699. The van der Waals surface area contributed by atoms with Crippen molar-refractivity contribution >= 4 is 16.7 Å². The lowest BCUT2D eigenvalue weighted by Gasteiger charge is -2.10. The van der Waals surface area contributed by atoms with E-state index in [1.807, 2.05) is 6.07 Å². The summed E-state index contributed by atoms with van der Waals surface area (Å²) in [6, 6.07) is 12.5. The third kappa shape index (κ3) is 3.58. The Morgan fingerprint density at radius 1 is 1.15 bits per heavy atom. The van der Waals surface area contributed by atoms with Gasteiger partial charge in [-0.15, -0.1) is 0 Å². The van der Waals surface area contributed by atoms with Crippen LogP contribution in [0, 0.1) is 0 Å². The summed E-state index contributed by atoms with van der Waals surface area (Å²) < 4.78 is 4.56. The number of benzene rings is 2. The summed E-state index contributed by atoms with van der Waals surface area (Å²) in [7, 11) is 1.33. The van der Waals surface area contributed by atoms with Gasteiger partial charge in [-0.1, -0.05) is 43.3 Å². The third-order valence-electron chi connectivity index (χ3n) is 3.48. The van der Waals surface area contributed by atoms with Gasteiger partial charge in [-0.05, 0) is 34.7 Å². The van der Waals surface area contributed by atoms with Gasteiger partial charge in [0.15, 0.2) is 0 Å². The average Bonchev–Trinajstić information content (AvgIpc) is 2.46. The number of ether oxygens (including phenoxy) is 1. The first-order chi connectivity index (χ1) is 9.62. The smallest absolute Gasteiger partial charge is 0.308 e. The molecule has 0 bridgehead atoms. The Morgan fingerprint density at radius 2 is 1.75 bits per heavy atom. The zero-order valence-corrected chi connectivity index (χ0v) is 11.9. The number of hydrogen-bond acceptors (Lipinski definition) is 3. The Hall–Kier alpha value is -1.87. The highest BCUT2D eigenvalue weighted by Crippen LogP contribution is 2.19. The lowest BCUT2D eigenvalue weighted by Crippen LogP contribution is -2.17. The van der Waals surface area contributed by atoms with Crippen LogP contribution in [0.3, 0.4) is 0 Å². The van der Waals surface area contributed by atoms with Gasteiger partial charge in [-0.25, -0.2) is 0 Å². The van der Waals surface area contributed by atoms with Gasteiger partial charge < -0.3 is 9.84 Å². The van der Waals surface area contributed by atoms with Gasteiger partial charge in [0, 0.05) is 0 Å². The molecular formula is C17H20O3. The first-order valence-electron chi connectivity index (χ1n) is 6.89. The van der Waals surface area contributed by atoms with Gasteiger partial charge >= 0.3 is 5.97 Å². The first-order valence-corrected chi connectivity index (χ1v) is 6.89. The molecule has 2 aromatic carbocycles. The SMILES string of the molecule is CCc1ccc2cc(C[C@@H](O)CC(=O)OC)ccc2c1. The highest BCUT2D eigenvalue weighted by molar-refractivity contribution is 5.83. The fourth-order valence-corrected chi connectivity index (χ4v) is 2.31. The van der Waals surface area contributed by atoms with Gasteiger partial charge in [0.05, 0.1) is 19.6 Å². The molecule has 0 aliphatic carbocycles. The molecular weight excluding hydrogens is 252 g/mol. The number of fused-ring (bicyclic) bond motifs is 1. The lowest BCUT2D eigenvalue weighted by atomic mass is 10.00. The van der Waals surface area contributed by atoms with Gasteiger partial charge in [-0.3, -0.25) is 4.79 Å². The second-order valence-electron chi connectivity index (χ2n) is 5.01. The van der Waals surface area contributed by atoms with Crippen molar-refractivity contribution in [1.29, 1.82) is 0 Å². The fourth-order valence-electron chi connectivity index (χ4n) is 2.31. The Kier molecular flexibility index (Phi) is 4.74. The normalized spacial score (nSPS) is 12.3. The number of hydrogen-bond donors (Lipinski definition) is 1. The monoisotopic (exact) mass is 272 g/mol.